The van der Waals surface area contributed by atoms with Crippen molar-refractivity contribution in [2.75, 3.05) is 0 Å². The number of hydrazone groups is 1. The maximum atomic E-state index is 11.9. The first-order chi connectivity index (χ1) is 12.5. The molecule has 3 aromatic rings. The van der Waals surface area contributed by atoms with E-state index in [4.69, 9.17) is 4.42 Å². The predicted octanol–water partition coefficient (Wildman–Crippen LogP) is 5.02. The van der Waals surface area contributed by atoms with Gasteiger partial charge in [0, 0.05) is 10.0 Å². The topological polar surface area (TPSA) is 54.6 Å². The highest BCUT2D eigenvalue weighted by molar-refractivity contribution is 9.10. The summed E-state index contributed by atoms with van der Waals surface area (Å²) >= 11 is 3.52. The third-order valence-electron chi connectivity index (χ3n) is 3.95. The minimum Gasteiger partial charge on any atom is -0.455 e. The molecule has 1 amide bonds. The van der Waals surface area contributed by atoms with Gasteiger partial charge in [0.25, 0.3) is 0 Å². The molecular weight excluding hydrogens is 392 g/mol. The molecule has 1 heterocycles. The fourth-order valence-electron chi connectivity index (χ4n) is 2.42. The Hall–Kier alpha value is -2.66. The summed E-state index contributed by atoms with van der Waals surface area (Å²) in [6.07, 6.45) is 1.79. The van der Waals surface area contributed by atoms with Crippen molar-refractivity contribution < 1.29 is 9.21 Å². The van der Waals surface area contributed by atoms with E-state index in [2.05, 4.69) is 26.5 Å². The summed E-state index contributed by atoms with van der Waals surface area (Å²) in [5.41, 5.74) is 6.79. The highest BCUT2D eigenvalue weighted by Crippen LogP contribution is 2.26. The van der Waals surface area contributed by atoms with Gasteiger partial charge in [-0.25, -0.2) is 5.43 Å². The molecule has 0 unspecified atom stereocenters. The number of halogens is 1. The minimum absolute atomic E-state index is 0.167. The number of carbonyl (C=O) groups is 1. The van der Waals surface area contributed by atoms with E-state index in [1.807, 2.05) is 68.4 Å². The molecule has 0 aliphatic heterocycles. The Morgan fingerprint density at radius 3 is 2.62 bits per heavy atom. The van der Waals surface area contributed by atoms with Gasteiger partial charge in [-0.1, -0.05) is 57.9 Å². The van der Waals surface area contributed by atoms with Gasteiger partial charge < -0.3 is 4.42 Å². The van der Waals surface area contributed by atoms with Crippen LogP contribution in [0, 0.1) is 13.8 Å². The van der Waals surface area contributed by atoms with Crippen molar-refractivity contribution in [1.29, 1.82) is 0 Å². The Bertz CT molecular complexity index is 943. The summed E-state index contributed by atoms with van der Waals surface area (Å²) in [6.45, 7) is 4.05. The normalized spacial score (nSPS) is 11.0. The second-order valence-corrected chi connectivity index (χ2v) is 6.98. The monoisotopic (exact) mass is 410 g/mol. The maximum Gasteiger partial charge on any atom is 0.244 e. The van der Waals surface area contributed by atoms with E-state index in [0.717, 1.165) is 21.4 Å². The third-order valence-corrected chi connectivity index (χ3v) is 4.80. The largest absolute Gasteiger partial charge is 0.455 e. The molecule has 0 aliphatic rings. The molecule has 0 bridgehead atoms. The zero-order valence-corrected chi connectivity index (χ0v) is 16.2. The standard InChI is InChI=1S/C21H19BrN2O2/c1-14-3-6-16(7-4-14)11-21(25)24-23-13-18-9-10-20(26-18)17-8-5-15(2)19(22)12-17/h3-10,12-13H,11H2,1-2H3,(H,24,25)/b23-13-. The highest BCUT2D eigenvalue weighted by Gasteiger charge is 2.06. The van der Waals surface area contributed by atoms with Crippen LogP contribution in [0.15, 0.2) is 68.6 Å². The molecule has 0 atom stereocenters. The number of benzene rings is 2. The highest BCUT2D eigenvalue weighted by atomic mass is 79.9. The SMILES string of the molecule is Cc1ccc(CC(=O)N/N=C\c2ccc(-c3ccc(C)c(Br)c3)o2)cc1. The molecule has 132 valence electrons. The number of furan rings is 1. The summed E-state index contributed by atoms with van der Waals surface area (Å²) in [7, 11) is 0. The lowest BCUT2D eigenvalue weighted by Gasteiger charge is -2.01. The van der Waals surface area contributed by atoms with Crippen molar-refractivity contribution in [1.82, 2.24) is 5.43 Å². The molecule has 5 heteroatoms. The number of nitrogens with one attached hydrogen (secondary N) is 1. The molecule has 1 N–H and O–H groups in total. The van der Waals surface area contributed by atoms with E-state index in [1.54, 1.807) is 0 Å². The van der Waals surface area contributed by atoms with Crippen molar-refractivity contribution in [3.63, 3.8) is 0 Å². The average molecular weight is 411 g/mol. The van der Waals surface area contributed by atoms with Crippen LogP contribution in [0.25, 0.3) is 11.3 Å². The maximum absolute atomic E-state index is 11.9. The van der Waals surface area contributed by atoms with E-state index in [-0.39, 0.29) is 5.91 Å². The number of carbonyl (C=O) groups excluding carboxylic acids is 1. The van der Waals surface area contributed by atoms with Crippen LogP contribution in [0.4, 0.5) is 0 Å². The Balaban J connectivity index is 1.59. The zero-order valence-electron chi connectivity index (χ0n) is 14.6. The van der Waals surface area contributed by atoms with Crippen LogP contribution in [-0.4, -0.2) is 12.1 Å². The minimum atomic E-state index is -0.167. The van der Waals surface area contributed by atoms with E-state index in [9.17, 15) is 4.79 Å². The average Bonchev–Trinajstić information content (AvgIpc) is 3.08. The summed E-state index contributed by atoms with van der Waals surface area (Å²) in [5.74, 6) is 1.16. The lowest BCUT2D eigenvalue weighted by Crippen LogP contribution is -2.19. The van der Waals surface area contributed by atoms with Crippen molar-refractivity contribution in [3.8, 4) is 11.3 Å². The van der Waals surface area contributed by atoms with E-state index in [0.29, 0.717) is 12.2 Å². The fourth-order valence-corrected chi connectivity index (χ4v) is 2.80. The first kappa shape index (κ1) is 18.1. The van der Waals surface area contributed by atoms with Gasteiger partial charge in [0.05, 0.1) is 12.6 Å². The molecule has 0 radical (unpaired) electrons. The van der Waals surface area contributed by atoms with Crippen LogP contribution in [0.2, 0.25) is 0 Å². The zero-order chi connectivity index (χ0) is 18.5. The van der Waals surface area contributed by atoms with Gasteiger partial charge in [0.1, 0.15) is 11.5 Å². The molecule has 0 saturated carbocycles. The van der Waals surface area contributed by atoms with E-state index in [1.165, 1.54) is 17.3 Å². The number of hydrogen-bond donors (Lipinski definition) is 1. The van der Waals surface area contributed by atoms with Gasteiger partial charge in [-0.15, -0.1) is 0 Å². The van der Waals surface area contributed by atoms with Crippen LogP contribution in [-0.2, 0) is 11.2 Å². The molecule has 0 spiro atoms. The smallest absolute Gasteiger partial charge is 0.244 e. The van der Waals surface area contributed by atoms with Crippen molar-refractivity contribution in [2.45, 2.75) is 20.3 Å². The molecule has 26 heavy (non-hydrogen) atoms. The van der Waals surface area contributed by atoms with Crippen molar-refractivity contribution in [2.24, 2.45) is 5.10 Å². The number of hydrogen-bond acceptors (Lipinski definition) is 3. The van der Waals surface area contributed by atoms with Gasteiger partial charge in [-0.05, 0) is 43.2 Å². The van der Waals surface area contributed by atoms with Gasteiger partial charge in [0.15, 0.2) is 0 Å². The second kappa shape index (κ2) is 8.15. The first-order valence-electron chi connectivity index (χ1n) is 8.25. The third kappa shape index (κ3) is 4.70. The van der Waals surface area contributed by atoms with E-state index >= 15 is 0 Å². The van der Waals surface area contributed by atoms with Crippen LogP contribution in [0.3, 0.4) is 0 Å². The number of amides is 1. The quantitative estimate of drug-likeness (QED) is 0.474. The molecule has 0 fully saturated rings. The molecule has 0 saturated heterocycles. The first-order valence-corrected chi connectivity index (χ1v) is 9.04. The Morgan fingerprint density at radius 1 is 1.12 bits per heavy atom. The lowest BCUT2D eigenvalue weighted by atomic mass is 10.1. The van der Waals surface area contributed by atoms with Gasteiger partial charge in [0.2, 0.25) is 5.91 Å². The van der Waals surface area contributed by atoms with Crippen LogP contribution in [0.1, 0.15) is 22.5 Å². The van der Waals surface area contributed by atoms with Crippen LogP contribution < -0.4 is 5.43 Å². The van der Waals surface area contributed by atoms with Crippen LogP contribution >= 0.6 is 15.9 Å². The number of nitrogens with zero attached hydrogens (tertiary/aromatic N) is 1. The summed E-state index contributed by atoms with van der Waals surface area (Å²) in [5, 5.41) is 3.97. The number of rotatable bonds is 5. The number of aryl methyl sites for hydroxylation is 2. The van der Waals surface area contributed by atoms with E-state index < -0.39 is 0 Å². The molecule has 4 nitrogen and oxygen atoms in total. The molecular formula is C21H19BrN2O2. The predicted molar refractivity (Wildman–Crippen MR) is 107 cm³/mol. The Labute approximate surface area is 161 Å². The Kier molecular flexibility index (Phi) is 5.68. The molecule has 3 rings (SSSR count). The van der Waals surface area contributed by atoms with Crippen LogP contribution in [0.5, 0.6) is 0 Å². The fraction of sp³-hybridized carbons (Fsp3) is 0.143. The van der Waals surface area contributed by atoms with Gasteiger partial charge in [-0.2, -0.15) is 5.10 Å². The summed E-state index contributed by atoms with van der Waals surface area (Å²) < 4.78 is 6.79. The molecule has 2 aromatic carbocycles. The lowest BCUT2D eigenvalue weighted by molar-refractivity contribution is -0.120. The summed E-state index contributed by atoms with van der Waals surface area (Å²) in [4.78, 5) is 11.9. The Morgan fingerprint density at radius 2 is 1.88 bits per heavy atom. The van der Waals surface area contributed by atoms with Crippen molar-refractivity contribution in [3.05, 3.63) is 81.5 Å². The molecule has 0 aliphatic carbocycles. The molecule has 1 aromatic heterocycles. The summed E-state index contributed by atoms with van der Waals surface area (Å²) in [6, 6.07) is 17.6. The van der Waals surface area contributed by atoms with Gasteiger partial charge in [-0.3, -0.25) is 4.79 Å². The second-order valence-electron chi connectivity index (χ2n) is 6.12. The van der Waals surface area contributed by atoms with Crippen molar-refractivity contribution >= 4 is 28.1 Å². The van der Waals surface area contributed by atoms with Gasteiger partial charge >= 0.3 is 0 Å².